The Bertz CT molecular complexity index is 357. The molecule has 0 aromatic heterocycles. The van der Waals surface area contributed by atoms with E-state index in [1.807, 2.05) is 0 Å². The summed E-state index contributed by atoms with van der Waals surface area (Å²) in [4.78, 5) is 9.58. The smallest absolute Gasteiger partial charge is 0.258 e. The van der Waals surface area contributed by atoms with Crippen LogP contribution in [0.25, 0.3) is 0 Å². The topological polar surface area (TPSA) is 43.1 Å². The maximum Gasteiger partial charge on any atom is 0.292 e. The molecule has 0 bridgehead atoms. The van der Waals surface area contributed by atoms with Crippen molar-refractivity contribution >= 4 is 21.6 Å². The van der Waals surface area contributed by atoms with Crippen molar-refractivity contribution in [3.05, 3.63) is 38.1 Å². The lowest BCUT2D eigenvalue weighted by molar-refractivity contribution is -0.386. The third-order valence-electron chi connectivity index (χ3n) is 1.49. The number of rotatable bonds is 2. The van der Waals surface area contributed by atoms with Gasteiger partial charge in [-0.1, -0.05) is 0 Å². The van der Waals surface area contributed by atoms with E-state index >= 15 is 0 Å². The van der Waals surface area contributed by atoms with E-state index in [0.717, 1.165) is 6.07 Å². The van der Waals surface area contributed by atoms with E-state index in [-0.39, 0.29) is 4.47 Å². The molecule has 6 heteroatoms. The second-order valence-electron chi connectivity index (χ2n) is 2.25. The van der Waals surface area contributed by atoms with Crippen LogP contribution in [0.2, 0.25) is 0 Å². The van der Waals surface area contributed by atoms with Gasteiger partial charge in [-0.3, -0.25) is 10.1 Å². The van der Waals surface area contributed by atoms with Gasteiger partial charge < -0.3 is 0 Å². The molecule has 0 heterocycles. The molecule has 70 valence electrons. The van der Waals surface area contributed by atoms with Crippen molar-refractivity contribution in [1.82, 2.24) is 0 Å². The van der Waals surface area contributed by atoms with Gasteiger partial charge in [-0.2, -0.15) is 0 Å². The molecule has 0 spiro atoms. The summed E-state index contributed by atoms with van der Waals surface area (Å²) in [6.45, 7) is -1.19. The Morgan fingerprint density at radius 3 is 2.54 bits per heavy atom. The summed E-state index contributed by atoms with van der Waals surface area (Å²) in [5, 5.41) is 10.4. The van der Waals surface area contributed by atoms with Crippen molar-refractivity contribution in [1.29, 1.82) is 0 Å². The summed E-state index contributed by atoms with van der Waals surface area (Å²) in [5.74, 6) is -0.905. The largest absolute Gasteiger partial charge is 0.292 e. The highest BCUT2D eigenvalue weighted by Crippen LogP contribution is 2.31. The van der Waals surface area contributed by atoms with Gasteiger partial charge in [0.2, 0.25) is 0 Å². The van der Waals surface area contributed by atoms with Gasteiger partial charge in [0.15, 0.2) is 0 Å². The molecule has 0 saturated carbocycles. The highest BCUT2D eigenvalue weighted by Gasteiger charge is 2.21. The number of alkyl halides is 1. The van der Waals surface area contributed by atoms with Crippen LogP contribution in [0.5, 0.6) is 0 Å². The fourth-order valence-corrected chi connectivity index (χ4v) is 1.42. The molecule has 0 radical (unpaired) electrons. The molecule has 3 nitrogen and oxygen atoms in total. The standard InChI is InChI=1S/C7H4BrF2NO2/c8-5-1-2-6(10)4(3-9)7(5)11(12)13/h1-2H,3H2. The van der Waals surface area contributed by atoms with Crippen LogP contribution in [0.15, 0.2) is 16.6 Å². The number of halogens is 3. The minimum absolute atomic E-state index is 0.0755. The minimum atomic E-state index is -1.19. The van der Waals surface area contributed by atoms with Crippen molar-refractivity contribution in [2.24, 2.45) is 0 Å². The zero-order valence-corrected chi connectivity index (χ0v) is 7.85. The first-order valence-corrected chi connectivity index (χ1v) is 4.04. The van der Waals surface area contributed by atoms with Crippen LogP contribution in [0, 0.1) is 15.9 Å². The highest BCUT2D eigenvalue weighted by atomic mass is 79.9. The lowest BCUT2D eigenvalue weighted by atomic mass is 10.2. The van der Waals surface area contributed by atoms with Gasteiger partial charge in [-0.15, -0.1) is 0 Å². The van der Waals surface area contributed by atoms with Crippen LogP contribution >= 0.6 is 15.9 Å². The molecule has 0 N–H and O–H groups in total. The Morgan fingerprint density at radius 1 is 1.54 bits per heavy atom. The van der Waals surface area contributed by atoms with E-state index in [0.29, 0.717) is 0 Å². The first-order valence-electron chi connectivity index (χ1n) is 3.25. The summed E-state index contributed by atoms with van der Waals surface area (Å²) >= 11 is 2.85. The van der Waals surface area contributed by atoms with Crippen molar-refractivity contribution in [3.63, 3.8) is 0 Å². The number of benzene rings is 1. The first kappa shape index (κ1) is 10.0. The van der Waals surface area contributed by atoms with Crippen molar-refractivity contribution in [2.45, 2.75) is 6.67 Å². The van der Waals surface area contributed by atoms with Gasteiger partial charge in [0, 0.05) is 0 Å². The molecule has 1 aromatic carbocycles. The number of hydrogen-bond donors (Lipinski definition) is 0. The molecule has 0 fully saturated rings. The summed E-state index contributed by atoms with van der Waals surface area (Å²) in [6, 6.07) is 2.15. The lowest BCUT2D eigenvalue weighted by Crippen LogP contribution is -1.98. The van der Waals surface area contributed by atoms with Crippen molar-refractivity contribution in [3.8, 4) is 0 Å². The van der Waals surface area contributed by atoms with Gasteiger partial charge in [-0.05, 0) is 28.1 Å². The van der Waals surface area contributed by atoms with Gasteiger partial charge in [-0.25, -0.2) is 8.78 Å². The Kier molecular flexibility index (Phi) is 2.92. The van der Waals surface area contributed by atoms with Gasteiger partial charge in [0.05, 0.1) is 15.0 Å². The minimum Gasteiger partial charge on any atom is -0.258 e. The molecule has 0 unspecified atom stereocenters. The predicted octanol–water partition coefficient (Wildman–Crippen LogP) is 2.97. The molecule has 1 aromatic rings. The monoisotopic (exact) mass is 251 g/mol. The molecule has 0 aliphatic rings. The SMILES string of the molecule is O=[N+]([O-])c1c(Br)ccc(F)c1CF. The van der Waals surface area contributed by atoms with Crippen LogP contribution in [0.4, 0.5) is 14.5 Å². The fourth-order valence-electron chi connectivity index (χ4n) is 0.908. The zero-order chi connectivity index (χ0) is 10.0. The molecule has 0 atom stereocenters. The Balaban J connectivity index is 3.43. The number of nitro benzene ring substituents is 1. The quantitative estimate of drug-likeness (QED) is 0.599. The highest BCUT2D eigenvalue weighted by molar-refractivity contribution is 9.10. The molecule has 13 heavy (non-hydrogen) atoms. The molecule has 0 aliphatic heterocycles. The van der Waals surface area contributed by atoms with Crippen LogP contribution in [-0.4, -0.2) is 4.92 Å². The Hall–Kier alpha value is -1.04. The van der Waals surface area contributed by atoms with Gasteiger partial charge in [0.1, 0.15) is 12.5 Å². The van der Waals surface area contributed by atoms with E-state index in [4.69, 9.17) is 0 Å². The van der Waals surface area contributed by atoms with E-state index in [1.165, 1.54) is 6.07 Å². The molecule has 0 amide bonds. The number of nitro groups is 1. The lowest BCUT2D eigenvalue weighted by Gasteiger charge is -2.01. The first-order chi connectivity index (χ1) is 6.07. The van der Waals surface area contributed by atoms with Crippen molar-refractivity contribution < 1.29 is 13.7 Å². The second-order valence-corrected chi connectivity index (χ2v) is 3.10. The Morgan fingerprint density at radius 2 is 2.15 bits per heavy atom. The fraction of sp³-hybridized carbons (Fsp3) is 0.143. The summed E-state index contributed by atoms with van der Waals surface area (Å²) in [7, 11) is 0. The van der Waals surface area contributed by atoms with Crippen LogP contribution in [0.3, 0.4) is 0 Å². The zero-order valence-electron chi connectivity index (χ0n) is 6.26. The van der Waals surface area contributed by atoms with Crippen LogP contribution in [0.1, 0.15) is 5.56 Å². The molecule has 0 aliphatic carbocycles. The summed E-state index contributed by atoms with van der Waals surface area (Å²) in [6.07, 6.45) is 0. The normalized spacial score (nSPS) is 10.1. The van der Waals surface area contributed by atoms with E-state index in [2.05, 4.69) is 15.9 Å². The number of nitrogens with zero attached hydrogens (tertiary/aromatic N) is 1. The second kappa shape index (κ2) is 3.78. The molecular formula is C7H4BrF2NO2. The maximum atomic E-state index is 12.8. The molecular weight excluding hydrogens is 248 g/mol. The third kappa shape index (κ3) is 1.82. The van der Waals surface area contributed by atoms with Gasteiger partial charge in [0.25, 0.3) is 5.69 Å². The number of hydrogen-bond acceptors (Lipinski definition) is 2. The van der Waals surface area contributed by atoms with Crippen molar-refractivity contribution in [2.75, 3.05) is 0 Å². The molecule has 1 rings (SSSR count). The molecule has 0 saturated heterocycles. The summed E-state index contributed by atoms with van der Waals surface area (Å²) < 4.78 is 25.1. The maximum absolute atomic E-state index is 12.8. The van der Waals surface area contributed by atoms with Gasteiger partial charge >= 0.3 is 0 Å². The van der Waals surface area contributed by atoms with E-state index in [1.54, 1.807) is 0 Å². The van der Waals surface area contributed by atoms with Crippen LogP contribution < -0.4 is 0 Å². The summed E-state index contributed by atoms with van der Waals surface area (Å²) in [5.41, 5.74) is -1.08. The average Bonchev–Trinajstić information content (AvgIpc) is 2.07. The van der Waals surface area contributed by atoms with E-state index in [9.17, 15) is 18.9 Å². The third-order valence-corrected chi connectivity index (χ3v) is 2.13. The Labute approximate surface area is 80.6 Å². The van der Waals surface area contributed by atoms with Crippen LogP contribution in [-0.2, 0) is 6.67 Å². The average molecular weight is 252 g/mol. The predicted molar refractivity (Wildman–Crippen MR) is 45.6 cm³/mol. The van der Waals surface area contributed by atoms with E-state index < -0.39 is 28.7 Å².